The molecule has 120 valence electrons. The Labute approximate surface area is 141 Å². The molecule has 0 atom stereocenters. The Morgan fingerprint density at radius 3 is 1.41 bits per heavy atom. The van der Waals surface area contributed by atoms with Gasteiger partial charge in [0.2, 0.25) is 0 Å². The summed E-state index contributed by atoms with van der Waals surface area (Å²) in [6.07, 6.45) is 0. The van der Waals surface area contributed by atoms with E-state index in [1.165, 1.54) is 59.9 Å². The molecule has 0 aliphatic heterocycles. The molecule has 0 amide bonds. The van der Waals surface area contributed by atoms with Crippen LogP contribution < -0.4 is 0 Å². The van der Waals surface area contributed by atoms with Gasteiger partial charge >= 0.3 is 0 Å². The highest BCUT2D eigenvalue weighted by molar-refractivity contribution is 7.99. The van der Waals surface area contributed by atoms with Crippen molar-refractivity contribution in [3.8, 4) is 0 Å². The van der Waals surface area contributed by atoms with Gasteiger partial charge < -0.3 is 0 Å². The molecule has 0 aromatic heterocycles. The van der Waals surface area contributed by atoms with Crippen LogP contribution in [0.5, 0.6) is 0 Å². The number of aryl methyl sites for hydroxylation is 2. The largest absolute Gasteiger partial charge is 0.0890 e. The minimum absolute atomic E-state index is 0. The molecule has 0 saturated carbocycles. The lowest BCUT2D eigenvalue weighted by Gasteiger charge is -2.21. The number of rotatable bonds is 2. The van der Waals surface area contributed by atoms with E-state index in [0.29, 0.717) is 0 Å². The van der Waals surface area contributed by atoms with Gasteiger partial charge in [0.25, 0.3) is 0 Å². The molecular weight excluding hydrogens is 284 g/mol. The lowest BCUT2D eigenvalue weighted by atomic mass is 9.95. The van der Waals surface area contributed by atoms with Crippen LogP contribution in [-0.2, 0) is 0 Å². The lowest BCUT2D eigenvalue weighted by Crippen LogP contribution is -2.00. The second kappa shape index (κ2) is 6.12. The SMILES string of the molecule is Cc1cc(C)c(Sc2c(C)c(C)c(C)c(C)c2C)c(C)c1C.[HH]. The molecule has 2 aromatic carbocycles. The van der Waals surface area contributed by atoms with Crippen LogP contribution in [0, 0.1) is 62.3 Å². The minimum Gasteiger partial charge on any atom is -0.0890 e. The van der Waals surface area contributed by atoms with Crippen molar-refractivity contribution < 1.29 is 1.43 Å². The summed E-state index contributed by atoms with van der Waals surface area (Å²) in [6, 6.07) is 2.32. The first-order valence-corrected chi connectivity index (χ1v) is 8.80. The Morgan fingerprint density at radius 2 is 0.909 bits per heavy atom. The summed E-state index contributed by atoms with van der Waals surface area (Å²) in [6.45, 7) is 20.2. The van der Waals surface area contributed by atoms with Gasteiger partial charge in [-0.2, -0.15) is 0 Å². The third kappa shape index (κ3) is 2.72. The minimum atomic E-state index is 0. The van der Waals surface area contributed by atoms with Gasteiger partial charge in [0.1, 0.15) is 0 Å². The van der Waals surface area contributed by atoms with E-state index in [2.05, 4.69) is 68.4 Å². The summed E-state index contributed by atoms with van der Waals surface area (Å²) in [5.41, 5.74) is 12.8. The number of benzene rings is 2. The molecule has 0 nitrogen and oxygen atoms in total. The van der Waals surface area contributed by atoms with E-state index in [4.69, 9.17) is 0 Å². The first kappa shape index (κ1) is 17.1. The van der Waals surface area contributed by atoms with Crippen molar-refractivity contribution in [3.05, 3.63) is 56.1 Å². The molecule has 0 radical (unpaired) electrons. The van der Waals surface area contributed by atoms with Crippen molar-refractivity contribution in [2.45, 2.75) is 72.1 Å². The van der Waals surface area contributed by atoms with E-state index < -0.39 is 0 Å². The summed E-state index contributed by atoms with van der Waals surface area (Å²) >= 11 is 1.95. The highest BCUT2D eigenvalue weighted by Gasteiger charge is 2.16. The predicted molar refractivity (Wildman–Crippen MR) is 102 cm³/mol. The maximum absolute atomic E-state index is 2.32. The molecule has 0 aliphatic rings. The molecule has 1 heteroatoms. The third-order valence-electron chi connectivity index (χ3n) is 5.42. The Kier molecular flexibility index (Phi) is 4.77. The smallest absolute Gasteiger partial charge is 0.0186 e. The summed E-state index contributed by atoms with van der Waals surface area (Å²) < 4.78 is 0. The lowest BCUT2D eigenvalue weighted by molar-refractivity contribution is 1.08. The molecule has 0 saturated heterocycles. The van der Waals surface area contributed by atoms with Gasteiger partial charge in [0, 0.05) is 11.2 Å². The van der Waals surface area contributed by atoms with Gasteiger partial charge in [0.05, 0.1) is 0 Å². The topological polar surface area (TPSA) is 0 Å². The van der Waals surface area contributed by atoms with Gasteiger partial charge in [0.15, 0.2) is 0 Å². The van der Waals surface area contributed by atoms with E-state index in [1.54, 1.807) is 0 Å². The first-order valence-electron chi connectivity index (χ1n) is 7.99. The van der Waals surface area contributed by atoms with E-state index in [9.17, 15) is 0 Å². The maximum atomic E-state index is 2.32. The van der Waals surface area contributed by atoms with Gasteiger partial charge in [-0.05, 0) is 112 Å². The Balaban J connectivity index is 0.00000264. The standard InChI is InChI=1S/C21H28S.H2/c1-11-10-12(2)20(17(7)13(11)3)22-21-18(8)15(5)14(4)16(6)19(21)9;/h10H,1-9H3;1H. The fraction of sp³-hybridized carbons (Fsp3) is 0.429. The highest BCUT2D eigenvalue weighted by atomic mass is 32.2. The predicted octanol–water partition coefficient (Wildman–Crippen LogP) is 6.86. The molecule has 0 aliphatic carbocycles. The van der Waals surface area contributed by atoms with E-state index in [0.717, 1.165) is 0 Å². The second-order valence-electron chi connectivity index (χ2n) is 6.65. The molecule has 2 aromatic rings. The van der Waals surface area contributed by atoms with Crippen LogP contribution in [0.1, 0.15) is 51.5 Å². The van der Waals surface area contributed by atoms with Crippen LogP contribution in [0.15, 0.2) is 15.9 Å². The zero-order valence-electron chi connectivity index (χ0n) is 15.5. The van der Waals surface area contributed by atoms with E-state index in [1.807, 2.05) is 11.8 Å². The first-order chi connectivity index (χ1) is 10.2. The molecule has 0 bridgehead atoms. The zero-order valence-corrected chi connectivity index (χ0v) is 16.3. The summed E-state index contributed by atoms with van der Waals surface area (Å²) in [5, 5.41) is 0. The zero-order chi connectivity index (χ0) is 16.8. The molecule has 22 heavy (non-hydrogen) atoms. The third-order valence-corrected chi connectivity index (χ3v) is 7.07. The second-order valence-corrected chi connectivity index (χ2v) is 7.67. The number of hydrogen-bond acceptors (Lipinski definition) is 1. The molecule has 0 fully saturated rings. The van der Waals surface area contributed by atoms with Crippen LogP contribution >= 0.6 is 11.8 Å². The van der Waals surface area contributed by atoms with Crippen molar-refractivity contribution in [3.63, 3.8) is 0 Å². The number of hydrogen-bond donors (Lipinski definition) is 0. The fourth-order valence-electron chi connectivity index (χ4n) is 3.14. The summed E-state index contributed by atoms with van der Waals surface area (Å²) in [4.78, 5) is 2.87. The summed E-state index contributed by atoms with van der Waals surface area (Å²) in [5.74, 6) is 0. The maximum Gasteiger partial charge on any atom is 0.0186 e. The molecule has 0 N–H and O–H groups in total. The average molecular weight is 315 g/mol. The molecule has 0 spiro atoms. The van der Waals surface area contributed by atoms with Gasteiger partial charge in [-0.25, -0.2) is 0 Å². The molecular formula is C21H30S. The Bertz CT molecular complexity index is 728. The van der Waals surface area contributed by atoms with Gasteiger partial charge in [-0.15, -0.1) is 0 Å². The van der Waals surface area contributed by atoms with Gasteiger partial charge in [-0.3, -0.25) is 0 Å². The normalized spacial score (nSPS) is 11.1. The molecule has 2 rings (SSSR count). The van der Waals surface area contributed by atoms with Crippen LogP contribution in [0.25, 0.3) is 0 Å². The monoisotopic (exact) mass is 314 g/mol. The van der Waals surface area contributed by atoms with Crippen molar-refractivity contribution in [1.82, 2.24) is 0 Å². The molecule has 0 heterocycles. The average Bonchev–Trinajstić information content (AvgIpc) is 2.48. The van der Waals surface area contributed by atoms with Crippen molar-refractivity contribution in [2.24, 2.45) is 0 Å². The Morgan fingerprint density at radius 1 is 0.500 bits per heavy atom. The van der Waals surface area contributed by atoms with Gasteiger partial charge in [-0.1, -0.05) is 17.8 Å². The van der Waals surface area contributed by atoms with Crippen molar-refractivity contribution in [2.75, 3.05) is 0 Å². The van der Waals surface area contributed by atoms with Crippen LogP contribution in [-0.4, -0.2) is 0 Å². The fourth-order valence-corrected chi connectivity index (χ4v) is 4.48. The van der Waals surface area contributed by atoms with E-state index in [-0.39, 0.29) is 1.43 Å². The highest BCUT2D eigenvalue weighted by Crippen LogP contribution is 2.41. The van der Waals surface area contributed by atoms with Crippen LogP contribution in [0.2, 0.25) is 0 Å². The van der Waals surface area contributed by atoms with Crippen molar-refractivity contribution in [1.29, 1.82) is 0 Å². The molecule has 0 unspecified atom stereocenters. The summed E-state index contributed by atoms with van der Waals surface area (Å²) in [7, 11) is 0. The van der Waals surface area contributed by atoms with E-state index >= 15 is 0 Å². The van der Waals surface area contributed by atoms with Crippen molar-refractivity contribution >= 4 is 11.8 Å². The van der Waals surface area contributed by atoms with Crippen LogP contribution in [0.4, 0.5) is 0 Å². The van der Waals surface area contributed by atoms with Crippen LogP contribution in [0.3, 0.4) is 0 Å². The quantitative estimate of drug-likeness (QED) is 0.583. The Hall–Kier alpha value is -1.21.